The van der Waals surface area contributed by atoms with Gasteiger partial charge in [0.2, 0.25) is 11.8 Å². The molecule has 0 aliphatic heterocycles. The van der Waals surface area contributed by atoms with Gasteiger partial charge in [-0.05, 0) is 19.1 Å². The van der Waals surface area contributed by atoms with E-state index in [1.807, 2.05) is 31.2 Å². The van der Waals surface area contributed by atoms with Crippen LogP contribution < -0.4 is 14.8 Å². The molecule has 1 aromatic carbocycles. The fourth-order valence-corrected chi connectivity index (χ4v) is 2.61. The summed E-state index contributed by atoms with van der Waals surface area (Å²) in [7, 11) is 3.37. The molecule has 2 aromatic heterocycles. The molecule has 8 heteroatoms. The van der Waals surface area contributed by atoms with Crippen LogP contribution in [-0.2, 0) is 18.4 Å². The summed E-state index contributed by atoms with van der Waals surface area (Å²) < 4.78 is 12.5. The second kappa shape index (κ2) is 7.16. The number of methoxy groups -OCH3 is 1. The number of nitrogens with zero attached hydrogens (tertiary/aromatic N) is 4. The van der Waals surface area contributed by atoms with E-state index in [-0.39, 0.29) is 12.5 Å². The molecule has 1 N–H and O–H groups in total. The van der Waals surface area contributed by atoms with Crippen molar-refractivity contribution in [1.29, 1.82) is 0 Å². The van der Waals surface area contributed by atoms with Crippen molar-refractivity contribution < 1.29 is 14.3 Å². The summed E-state index contributed by atoms with van der Waals surface area (Å²) >= 11 is 0. The number of fused-ring (bicyclic) bond motifs is 1. The van der Waals surface area contributed by atoms with Crippen LogP contribution in [0.2, 0.25) is 0 Å². The number of ether oxygens (including phenoxy) is 2. The molecule has 1 amide bonds. The van der Waals surface area contributed by atoms with Crippen molar-refractivity contribution in [2.45, 2.75) is 13.5 Å². The normalized spacial score (nSPS) is 10.7. The number of carbonyl (C=O) groups is 1. The van der Waals surface area contributed by atoms with E-state index in [0.29, 0.717) is 18.3 Å². The number of benzene rings is 1. The molecule has 8 nitrogen and oxygen atoms in total. The lowest BCUT2D eigenvalue weighted by atomic mass is 10.2. The van der Waals surface area contributed by atoms with Crippen LogP contribution in [0.25, 0.3) is 10.9 Å². The number of hydrogen-bond acceptors (Lipinski definition) is 6. The van der Waals surface area contributed by atoms with Gasteiger partial charge in [0.15, 0.2) is 6.61 Å². The van der Waals surface area contributed by atoms with Crippen LogP contribution in [0.15, 0.2) is 30.6 Å². The number of rotatable bonds is 6. The van der Waals surface area contributed by atoms with Gasteiger partial charge in [0.1, 0.15) is 6.33 Å². The average Bonchev–Trinajstić information content (AvgIpc) is 2.90. The van der Waals surface area contributed by atoms with E-state index in [1.165, 1.54) is 6.33 Å². The molecule has 25 heavy (non-hydrogen) atoms. The van der Waals surface area contributed by atoms with Gasteiger partial charge in [-0.2, -0.15) is 5.10 Å². The van der Waals surface area contributed by atoms with Crippen LogP contribution in [0.5, 0.6) is 11.8 Å². The molecule has 0 saturated heterocycles. The van der Waals surface area contributed by atoms with Crippen LogP contribution in [-0.4, -0.2) is 39.4 Å². The van der Waals surface area contributed by atoms with Crippen molar-refractivity contribution in [3.8, 4) is 11.8 Å². The molecule has 0 atom stereocenters. The first-order valence-electron chi connectivity index (χ1n) is 7.76. The van der Waals surface area contributed by atoms with Crippen LogP contribution in [0.4, 0.5) is 0 Å². The summed E-state index contributed by atoms with van der Waals surface area (Å²) in [5.41, 5.74) is 2.41. The largest absolute Gasteiger partial charge is 0.481 e. The Morgan fingerprint density at radius 3 is 2.88 bits per heavy atom. The van der Waals surface area contributed by atoms with E-state index in [9.17, 15) is 4.79 Å². The smallest absolute Gasteiger partial charge is 0.258 e. The molecule has 2 heterocycles. The maximum absolute atomic E-state index is 12.1. The van der Waals surface area contributed by atoms with Crippen LogP contribution in [0.3, 0.4) is 0 Å². The second-order valence-corrected chi connectivity index (χ2v) is 5.46. The van der Waals surface area contributed by atoms with E-state index < -0.39 is 0 Å². The molecule has 0 aliphatic carbocycles. The molecule has 3 rings (SSSR count). The number of hydrogen-bond donors (Lipinski definition) is 1. The minimum absolute atomic E-state index is 0.136. The number of nitrogens with one attached hydrogen (secondary N) is 1. The van der Waals surface area contributed by atoms with Crippen LogP contribution >= 0.6 is 0 Å². The standard InChI is InChI=1S/C17H19N5O3/c1-11-13(17(24-3)22(2)21-11)8-18-15(23)9-25-16-12-6-4-5-7-14(12)19-10-20-16/h4-7,10H,8-9H2,1-3H3,(H,18,23). The molecular formula is C17H19N5O3. The van der Waals surface area contributed by atoms with Gasteiger partial charge in [-0.15, -0.1) is 0 Å². The summed E-state index contributed by atoms with van der Waals surface area (Å²) in [5.74, 6) is 0.754. The van der Waals surface area contributed by atoms with E-state index in [4.69, 9.17) is 9.47 Å². The molecule has 0 bridgehead atoms. The SMILES string of the molecule is COc1c(CNC(=O)COc2ncnc3ccccc23)c(C)nn1C. The van der Waals surface area contributed by atoms with Gasteiger partial charge >= 0.3 is 0 Å². The number of aromatic nitrogens is 4. The summed E-state index contributed by atoms with van der Waals surface area (Å²) in [6.45, 7) is 2.05. The Kier molecular flexibility index (Phi) is 4.78. The molecule has 0 unspecified atom stereocenters. The van der Waals surface area contributed by atoms with Gasteiger partial charge in [-0.25, -0.2) is 14.6 Å². The number of para-hydroxylation sites is 1. The maximum Gasteiger partial charge on any atom is 0.258 e. The average molecular weight is 341 g/mol. The minimum atomic E-state index is -0.256. The maximum atomic E-state index is 12.1. The molecule has 0 aliphatic rings. The molecule has 3 aromatic rings. The minimum Gasteiger partial charge on any atom is -0.481 e. The van der Waals surface area contributed by atoms with Gasteiger partial charge in [0.25, 0.3) is 5.91 Å². The zero-order valence-electron chi connectivity index (χ0n) is 14.3. The summed E-state index contributed by atoms with van der Waals surface area (Å²) in [6, 6.07) is 7.47. The summed E-state index contributed by atoms with van der Waals surface area (Å²) in [5, 5.41) is 7.85. The van der Waals surface area contributed by atoms with Crippen molar-refractivity contribution in [2.75, 3.05) is 13.7 Å². The predicted molar refractivity (Wildman–Crippen MR) is 91.4 cm³/mol. The monoisotopic (exact) mass is 341 g/mol. The number of carbonyl (C=O) groups excluding carboxylic acids is 1. The first kappa shape index (κ1) is 16.7. The van der Waals surface area contributed by atoms with Crippen LogP contribution in [0, 0.1) is 6.92 Å². The topological polar surface area (TPSA) is 91.2 Å². The Morgan fingerprint density at radius 2 is 2.08 bits per heavy atom. The highest BCUT2D eigenvalue weighted by atomic mass is 16.5. The Labute approximate surface area is 144 Å². The second-order valence-electron chi connectivity index (χ2n) is 5.46. The molecule has 0 fully saturated rings. The quantitative estimate of drug-likeness (QED) is 0.728. The molecule has 0 spiro atoms. The fourth-order valence-electron chi connectivity index (χ4n) is 2.61. The Balaban J connectivity index is 1.62. The van der Waals surface area contributed by atoms with Crippen molar-refractivity contribution in [3.05, 3.63) is 41.9 Å². The Hall–Kier alpha value is -3.16. The van der Waals surface area contributed by atoms with Gasteiger partial charge in [-0.1, -0.05) is 12.1 Å². The van der Waals surface area contributed by atoms with E-state index in [2.05, 4.69) is 20.4 Å². The molecule has 130 valence electrons. The van der Waals surface area contributed by atoms with Gasteiger partial charge in [0.05, 0.1) is 35.8 Å². The highest BCUT2D eigenvalue weighted by molar-refractivity contribution is 5.84. The third-order valence-corrected chi connectivity index (χ3v) is 3.79. The van der Waals surface area contributed by atoms with E-state index >= 15 is 0 Å². The third kappa shape index (κ3) is 3.52. The number of amides is 1. The Morgan fingerprint density at radius 1 is 1.28 bits per heavy atom. The predicted octanol–water partition coefficient (Wildman–Crippen LogP) is 1.38. The lowest BCUT2D eigenvalue weighted by Gasteiger charge is -2.09. The lowest BCUT2D eigenvalue weighted by Crippen LogP contribution is -2.28. The highest BCUT2D eigenvalue weighted by Gasteiger charge is 2.15. The van der Waals surface area contributed by atoms with Crippen LogP contribution in [0.1, 0.15) is 11.3 Å². The van der Waals surface area contributed by atoms with Crippen molar-refractivity contribution >= 4 is 16.8 Å². The molecule has 0 saturated carbocycles. The zero-order valence-corrected chi connectivity index (χ0v) is 14.3. The summed E-state index contributed by atoms with van der Waals surface area (Å²) in [4.78, 5) is 20.4. The number of aryl methyl sites for hydroxylation is 2. The van der Waals surface area contributed by atoms with Crippen molar-refractivity contribution in [1.82, 2.24) is 25.1 Å². The van der Waals surface area contributed by atoms with E-state index in [0.717, 1.165) is 22.2 Å². The first-order chi connectivity index (χ1) is 12.1. The first-order valence-corrected chi connectivity index (χ1v) is 7.76. The molecule has 0 radical (unpaired) electrons. The fraction of sp³-hybridized carbons (Fsp3) is 0.294. The van der Waals surface area contributed by atoms with Gasteiger partial charge < -0.3 is 14.8 Å². The lowest BCUT2D eigenvalue weighted by molar-refractivity contribution is -0.123. The summed E-state index contributed by atoms with van der Waals surface area (Å²) in [6.07, 6.45) is 1.42. The van der Waals surface area contributed by atoms with Crippen molar-refractivity contribution in [3.63, 3.8) is 0 Å². The zero-order chi connectivity index (χ0) is 17.8. The molecular weight excluding hydrogens is 322 g/mol. The van der Waals surface area contributed by atoms with Crippen molar-refractivity contribution in [2.24, 2.45) is 7.05 Å². The highest BCUT2D eigenvalue weighted by Crippen LogP contribution is 2.21. The van der Waals surface area contributed by atoms with Gasteiger partial charge in [-0.3, -0.25) is 4.79 Å². The third-order valence-electron chi connectivity index (χ3n) is 3.79. The Bertz CT molecular complexity index is 901. The van der Waals surface area contributed by atoms with Gasteiger partial charge in [0, 0.05) is 7.05 Å². The van der Waals surface area contributed by atoms with E-state index in [1.54, 1.807) is 18.8 Å².